The molecule has 0 spiro atoms. The van der Waals surface area contributed by atoms with Gasteiger partial charge in [0.05, 0.1) is 12.8 Å². The van der Waals surface area contributed by atoms with Gasteiger partial charge >= 0.3 is 0 Å². The van der Waals surface area contributed by atoms with E-state index in [1.54, 1.807) is 24.4 Å². The number of rotatable bonds is 6. The molecule has 2 heterocycles. The molecule has 0 aliphatic heterocycles. The number of nitrogens with zero attached hydrogens (tertiary/aromatic N) is 3. The van der Waals surface area contributed by atoms with Crippen molar-refractivity contribution in [1.82, 2.24) is 14.8 Å². The molecule has 0 saturated carbocycles. The van der Waals surface area contributed by atoms with E-state index in [0.29, 0.717) is 6.54 Å². The number of hydrogen-bond donors (Lipinski definition) is 0. The third kappa shape index (κ3) is 3.86. The van der Waals surface area contributed by atoms with E-state index in [9.17, 15) is 0 Å². The van der Waals surface area contributed by atoms with Gasteiger partial charge in [0.2, 0.25) is 0 Å². The Labute approximate surface area is 127 Å². The molecule has 3 aromatic rings. The quantitative estimate of drug-likeness (QED) is 0.650. The zero-order valence-electron chi connectivity index (χ0n) is 11.4. The summed E-state index contributed by atoms with van der Waals surface area (Å²) in [5, 5.41) is 9.00. The highest BCUT2D eigenvalue weighted by Gasteiger charge is 2.05. The molecule has 3 rings (SSSR count). The van der Waals surface area contributed by atoms with E-state index >= 15 is 0 Å². The number of furan rings is 1. The van der Waals surface area contributed by atoms with E-state index in [2.05, 4.69) is 34.5 Å². The first-order valence-corrected chi connectivity index (χ1v) is 7.65. The normalized spacial score (nSPS) is 11.2. The molecule has 2 aromatic heterocycles. The summed E-state index contributed by atoms with van der Waals surface area (Å²) in [4.78, 5) is 0. The third-order valence-electron chi connectivity index (χ3n) is 2.90. The van der Waals surface area contributed by atoms with Crippen LogP contribution in [0.4, 0.5) is 0 Å². The second-order valence-electron chi connectivity index (χ2n) is 4.44. The van der Waals surface area contributed by atoms with Gasteiger partial charge in [0.15, 0.2) is 5.16 Å². The molecule has 0 fully saturated rings. The van der Waals surface area contributed by atoms with Crippen LogP contribution in [0.3, 0.4) is 0 Å². The van der Waals surface area contributed by atoms with Crippen molar-refractivity contribution >= 4 is 17.8 Å². The van der Waals surface area contributed by atoms with E-state index in [1.165, 1.54) is 5.56 Å². The van der Waals surface area contributed by atoms with Gasteiger partial charge in [-0.05, 0) is 17.7 Å². The van der Waals surface area contributed by atoms with Gasteiger partial charge in [-0.2, -0.15) is 0 Å². The molecular formula is C16H15N3OS. The number of hydrogen-bond acceptors (Lipinski definition) is 4. The summed E-state index contributed by atoms with van der Waals surface area (Å²) in [6, 6.07) is 14.1. The average molecular weight is 297 g/mol. The highest BCUT2D eigenvalue weighted by atomic mass is 32.2. The smallest absolute Gasteiger partial charge is 0.191 e. The highest BCUT2D eigenvalue weighted by Crippen LogP contribution is 2.17. The molecular weight excluding hydrogens is 282 g/mol. The van der Waals surface area contributed by atoms with Gasteiger partial charge in [-0.15, -0.1) is 10.2 Å². The molecule has 0 saturated heterocycles. The van der Waals surface area contributed by atoms with E-state index in [0.717, 1.165) is 16.7 Å². The van der Waals surface area contributed by atoms with Crippen molar-refractivity contribution < 1.29 is 4.42 Å². The zero-order valence-corrected chi connectivity index (χ0v) is 12.2. The molecule has 0 aliphatic carbocycles. The van der Waals surface area contributed by atoms with Crippen molar-refractivity contribution in [3.8, 4) is 0 Å². The Morgan fingerprint density at radius 3 is 2.86 bits per heavy atom. The average Bonchev–Trinajstić information content (AvgIpc) is 3.18. The molecule has 1 aromatic carbocycles. The standard InChI is InChI=1S/C16H15N3OS/c1-2-6-14(7-3-1)8-5-11-21-16-18-17-13-19(16)12-15-9-4-10-20-15/h1-10,13H,11-12H2/b8-5-. The fraction of sp³-hybridized carbons (Fsp3) is 0.125. The number of aromatic nitrogens is 3. The first-order valence-electron chi connectivity index (χ1n) is 6.66. The van der Waals surface area contributed by atoms with Crippen molar-refractivity contribution in [1.29, 1.82) is 0 Å². The second-order valence-corrected chi connectivity index (χ2v) is 5.43. The van der Waals surface area contributed by atoms with Crippen LogP contribution in [-0.4, -0.2) is 20.5 Å². The number of benzene rings is 1. The molecule has 0 amide bonds. The van der Waals surface area contributed by atoms with Gasteiger partial charge in [-0.3, -0.25) is 0 Å². The molecule has 0 bridgehead atoms. The minimum Gasteiger partial charge on any atom is -0.467 e. The van der Waals surface area contributed by atoms with Crippen molar-refractivity contribution in [2.45, 2.75) is 11.7 Å². The Bertz CT molecular complexity index is 689. The van der Waals surface area contributed by atoms with Crippen molar-refractivity contribution in [3.63, 3.8) is 0 Å². The maximum Gasteiger partial charge on any atom is 0.191 e. The Balaban J connectivity index is 1.56. The Morgan fingerprint density at radius 2 is 2.05 bits per heavy atom. The summed E-state index contributed by atoms with van der Waals surface area (Å²) in [6.07, 6.45) is 7.65. The van der Waals surface area contributed by atoms with Gasteiger partial charge in [0.1, 0.15) is 12.1 Å². The Kier molecular flexibility index (Phi) is 4.53. The maximum absolute atomic E-state index is 5.35. The van der Waals surface area contributed by atoms with Crippen LogP contribution in [0.2, 0.25) is 0 Å². The summed E-state index contributed by atoms with van der Waals surface area (Å²) in [5.74, 6) is 1.75. The Morgan fingerprint density at radius 1 is 1.14 bits per heavy atom. The van der Waals surface area contributed by atoms with Crippen LogP contribution in [-0.2, 0) is 6.54 Å². The van der Waals surface area contributed by atoms with Crippen LogP contribution >= 0.6 is 11.8 Å². The van der Waals surface area contributed by atoms with Crippen LogP contribution in [0, 0.1) is 0 Å². The lowest BCUT2D eigenvalue weighted by atomic mass is 10.2. The molecule has 106 valence electrons. The molecule has 0 unspecified atom stereocenters. The lowest BCUT2D eigenvalue weighted by molar-refractivity contribution is 0.484. The largest absolute Gasteiger partial charge is 0.467 e. The summed E-state index contributed by atoms with van der Waals surface area (Å²) in [7, 11) is 0. The summed E-state index contributed by atoms with van der Waals surface area (Å²) >= 11 is 1.66. The zero-order chi connectivity index (χ0) is 14.3. The van der Waals surface area contributed by atoms with Crippen molar-refractivity contribution in [3.05, 3.63) is 72.5 Å². The lowest BCUT2D eigenvalue weighted by Gasteiger charge is -2.02. The van der Waals surface area contributed by atoms with Gasteiger partial charge in [-0.25, -0.2) is 0 Å². The maximum atomic E-state index is 5.35. The number of thioether (sulfide) groups is 1. The van der Waals surface area contributed by atoms with Crippen molar-refractivity contribution in [2.24, 2.45) is 0 Å². The van der Waals surface area contributed by atoms with Crippen LogP contribution in [0.5, 0.6) is 0 Å². The molecule has 0 atom stereocenters. The molecule has 4 nitrogen and oxygen atoms in total. The fourth-order valence-electron chi connectivity index (χ4n) is 1.91. The van der Waals surface area contributed by atoms with Gasteiger partial charge in [0.25, 0.3) is 0 Å². The molecule has 5 heteroatoms. The van der Waals surface area contributed by atoms with Crippen LogP contribution in [0.15, 0.2) is 70.7 Å². The summed E-state index contributed by atoms with van der Waals surface area (Å²) < 4.78 is 7.33. The SMILES string of the molecule is C(=C/c1ccccc1)/CSc1nncn1Cc1ccco1. The first kappa shape index (κ1) is 13.7. The van der Waals surface area contributed by atoms with E-state index in [-0.39, 0.29) is 0 Å². The summed E-state index contributed by atoms with van der Waals surface area (Å²) in [6.45, 7) is 0.657. The fourth-order valence-corrected chi connectivity index (χ4v) is 2.63. The minimum absolute atomic E-state index is 0.657. The van der Waals surface area contributed by atoms with Crippen LogP contribution in [0.1, 0.15) is 11.3 Å². The van der Waals surface area contributed by atoms with E-state index < -0.39 is 0 Å². The topological polar surface area (TPSA) is 43.9 Å². The minimum atomic E-state index is 0.657. The predicted molar refractivity (Wildman–Crippen MR) is 84.0 cm³/mol. The first-order chi connectivity index (χ1) is 10.4. The van der Waals surface area contributed by atoms with Gasteiger partial charge in [0, 0.05) is 5.75 Å². The Hall–Kier alpha value is -2.27. The van der Waals surface area contributed by atoms with Crippen LogP contribution < -0.4 is 0 Å². The van der Waals surface area contributed by atoms with Gasteiger partial charge < -0.3 is 8.98 Å². The lowest BCUT2D eigenvalue weighted by Crippen LogP contribution is -1.99. The monoisotopic (exact) mass is 297 g/mol. The predicted octanol–water partition coefficient (Wildman–Crippen LogP) is 3.72. The van der Waals surface area contributed by atoms with Crippen molar-refractivity contribution in [2.75, 3.05) is 5.75 Å². The molecule has 0 N–H and O–H groups in total. The third-order valence-corrected chi connectivity index (χ3v) is 3.84. The highest BCUT2D eigenvalue weighted by molar-refractivity contribution is 7.99. The van der Waals surface area contributed by atoms with E-state index in [1.807, 2.05) is 34.9 Å². The molecule has 21 heavy (non-hydrogen) atoms. The van der Waals surface area contributed by atoms with E-state index in [4.69, 9.17) is 4.42 Å². The van der Waals surface area contributed by atoms with Gasteiger partial charge in [-0.1, -0.05) is 54.2 Å². The summed E-state index contributed by atoms with van der Waals surface area (Å²) in [5.41, 5.74) is 1.20. The van der Waals surface area contributed by atoms with Crippen LogP contribution in [0.25, 0.3) is 6.08 Å². The molecule has 0 aliphatic rings. The molecule has 0 radical (unpaired) electrons. The second kappa shape index (κ2) is 6.95.